The van der Waals surface area contributed by atoms with Crippen LogP contribution >= 0.6 is 0 Å². The molecule has 2 nitrogen and oxygen atoms in total. The first-order valence-corrected chi connectivity index (χ1v) is 8.30. The van der Waals surface area contributed by atoms with Gasteiger partial charge in [-0.1, -0.05) is 31.2 Å². The first kappa shape index (κ1) is 14.1. The molecule has 1 saturated carbocycles. The van der Waals surface area contributed by atoms with Crippen LogP contribution in [0.25, 0.3) is 0 Å². The van der Waals surface area contributed by atoms with E-state index >= 15 is 0 Å². The number of nitrogens with zero attached hydrogens (tertiary/aromatic N) is 1. The van der Waals surface area contributed by atoms with Gasteiger partial charge in [0, 0.05) is 18.6 Å². The number of piperidine rings is 1. The lowest BCUT2D eigenvalue weighted by Gasteiger charge is -2.40. The van der Waals surface area contributed by atoms with E-state index in [0.717, 1.165) is 18.4 Å². The molecule has 0 bridgehead atoms. The average Bonchev–Trinajstić information content (AvgIpc) is 3.30. The van der Waals surface area contributed by atoms with Crippen molar-refractivity contribution in [1.29, 1.82) is 0 Å². The Balaban J connectivity index is 1.72. The highest BCUT2D eigenvalue weighted by atomic mass is 15.1. The highest BCUT2D eigenvalue weighted by Gasteiger charge is 2.31. The number of nitrogens with one attached hydrogen (secondary N) is 1. The van der Waals surface area contributed by atoms with E-state index in [1.54, 1.807) is 0 Å². The largest absolute Gasteiger partial charge is 0.314 e. The SMILES string of the molecule is CCc1ccc(C2C(CNC3CC3)CCCN2C)cc1. The third-order valence-electron chi connectivity index (χ3n) is 4.98. The van der Waals surface area contributed by atoms with Gasteiger partial charge >= 0.3 is 0 Å². The summed E-state index contributed by atoms with van der Waals surface area (Å²) in [4.78, 5) is 2.56. The maximum Gasteiger partial charge on any atom is 0.0385 e. The van der Waals surface area contributed by atoms with Gasteiger partial charge in [0.05, 0.1) is 0 Å². The monoisotopic (exact) mass is 272 g/mol. The van der Waals surface area contributed by atoms with Crippen molar-refractivity contribution < 1.29 is 0 Å². The van der Waals surface area contributed by atoms with Crippen LogP contribution in [0.15, 0.2) is 24.3 Å². The standard InChI is InChI=1S/C18H28N2/c1-3-14-6-8-15(9-7-14)18-16(5-4-12-20(18)2)13-19-17-10-11-17/h6-9,16-19H,3-5,10-13H2,1-2H3. The lowest BCUT2D eigenvalue weighted by molar-refractivity contribution is 0.119. The van der Waals surface area contributed by atoms with Gasteiger partial charge in [-0.3, -0.25) is 4.90 Å². The van der Waals surface area contributed by atoms with Crippen molar-refractivity contribution in [2.24, 2.45) is 5.92 Å². The van der Waals surface area contributed by atoms with Gasteiger partial charge in [-0.2, -0.15) is 0 Å². The predicted molar refractivity (Wildman–Crippen MR) is 84.9 cm³/mol. The van der Waals surface area contributed by atoms with Gasteiger partial charge in [0.2, 0.25) is 0 Å². The van der Waals surface area contributed by atoms with Crippen LogP contribution in [0.4, 0.5) is 0 Å². The second kappa shape index (κ2) is 6.28. The molecule has 1 heterocycles. The van der Waals surface area contributed by atoms with Crippen molar-refractivity contribution in [3.8, 4) is 0 Å². The summed E-state index contributed by atoms with van der Waals surface area (Å²) >= 11 is 0. The molecule has 3 rings (SSSR count). The van der Waals surface area contributed by atoms with Crippen molar-refractivity contribution in [2.45, 2.75) is 51.1 Å². The molecule has 110 valence electrons. The molecule has 0 aromatic heterocycles. The molecule has 0 spiro atoms. The van der Waals surface area contributed by atoms with E-state index in [-0.39, 0.29) is 0 Å². The van der Waals surface area contributed by atoms with Crippen molar-refractivity contribution in [3.63, 3.8) is 0 Å². The molecular weight excluding hydrogens is 244 g/mol. The molecule has 1 aliphatic heterocycles. The fourth-order valence-electron chi connectivity index (χ4n) is 3.56. The summed E-state index contributed by atoms with van der Waals surface area (Å²) in [5.41, 5.74) is 2.95. The van der Waals surface area contributed by atoms with E-state index < -0.39 is 0 Å². The summed E-state index contributed by atoms with van der Waals surface area (Å²) < 4.78 is 0. The molecule has 1 N–H and O–H groups in total. The molecule has 0 amide bonds. The minimum Gasteiger partial charge on any atom is -0.314 e. The molecule has 20 heavy (non-hydrogen) atoms. The summed E-state index contributed by atoms with van der Waals surface area (Å²) in [5.74, 6) is 0.766. The second-order valence-corrected chi connectivity index (χ2v) is 6.61. The van der Waals surface area contributed by atoms with Gasteiger partial charge < -0.3 is 5.32 Å². The quantitative estimate of drug-likeness (QED) is 0.884. The molecule has 1 aliphatic carbocycles. The van der Waals surface area contributed by atoms with E-state index in [1.165, 1.54) is 49.9 Å². The Morgan fingerprint density at radius 3 is 2.55 bits per heavy atom. The minimum atomic E-state index is 0.598. The van der Waals surface area contributed by atoms with Crippen molar-refractivity contribution in [1.82, 2.24) is 10.2 Å². The van der Waals surface area contributed by atoms with Crippen molar-refractivity contribution >= 4 is 0 Å². The van der Waals surface area contributed by atoms with E-state index in [0.29, 0.717) is 6.04 Å². The molecule has 2 aliphatic rings. The first-order valence-electron chi connectivity index (χ1n) is 8.30. The lowest BCUT2D eigenvalue weighted by Crippen LogP contribution is -2.40. The Labute approximate surface area is 123 Å². The highest BCUT2D eigenvalue weighted by Crippen LogP contribution is 2.35. The van der Waals surface area contributed by atoms with Crippen LogP contribution in [0.1, 0.15) is 49.8 Å². The molecule has 2 heteroatoms. The maximum atomic E-state index is 3.74. The lowest BCUT2D eigenvalue weighted by atomic mass is 9.84. The minimum absolute atomic E-state index is 0.598. The Morgan fingerprint density at radius 1 is 1.15 bits per heavy atom. The Bertz CT molecular complexity index is 422. The smallest absolute Gasteiger partial charge is 0.0385 e. The van der Waals surface area contributed by atoms with E-state index in [9.17, 15) is 0 Å². The van der Waals surface area contributed by atoms with Crippen molar-refractivity contribution in [2.75, 3.05) is 20.1 Å². The summed E-state index contributed by atoms with van der Waals surface area (Å²) in [7, 11) is 2.29. The molecule has 2 fully saturated rings. The van der Waals surface area contributed by atoms with Crippen LogP contribution in [0.2, 0.25) is 0 Å². The Morgan fingerprint density at radius 2 is 1.90 bits per heavy atom. The zero-order chi connectivity index (χ0) is 13.9. The van der Waals surface area contributed by atoms with E-state index in [2.05, 4.69) is 48.5 Å². The number of rotatable bonds is 5. The van der Waals surface area contributed by atoms with Gasteiger partial charge in [0.15, 0.2) is 0 Å². The van der Waals surface area contributed by atoms with Gasteiger partial charge in [0.25, 0.3) is 0 Å². The molecule has 1 aromatic rings. The Kier molecular flexibility index (Phi) is 4.42. The van der Waals surface area contributed by atoms with Crippen LogP contribution in [-0.2, 0) is 6.42 Å². The van der Waals surface area contributed by atoms with E-state index in [4.69, 9.17) is 0 Å². The third kappa shape index (κ3) is 3.24. The van der Waals surface area contributed by atoms with Crippen LogP contribution in [0.5, 0.6) is 0 Å². The average molecular weight is 272 g/mol. The molecule has 2 atom stereocenters. The van der Waals surface area contributed by atoms with Gasteiger partial charge in [-0.05, 0) is 62.7 Å². The van der Waals surface area contributed by atoms with Crippen LogP contribution < -0.4 is 5.32 Å². The maximum absolute atomic E-state index is 3.74. The molecule has 2 unspecified atom stereocenters. The van der Waals surface area contributed by atoms with Crippen LogP contribution in [0.3, 0.4) is 0 Å². The number of likely N-dealkylation sites (tertiary alicyclic amines) is 1. The third-order valence-corrected chi connectivity index (χ3v) is 4.98. The Hall–Kier alpha value is -0.860. The fourth-order valence-corrected chi connectivity index (χ4v) is 3.56. The number of aryl methyl sites for hydroxylation is 1. The summed E-state index contributed by atoms with van der Waals surface area (Å²) in [6.45, 7) is 4.65. The van der Waals surface area contributed by atoms with Gasteiger partial charge in [0.1, 0.15) is 0 Å². The second-order valence-electron chi connectivity index (χ2n) is 6.61. The first-order chi connectivity index (χ1) is 9.78. The predicted octanol–water partition coefficient (Wildman–Crippen LogP) is 3.38. The van der Waals surface area contributed by atoms with Gasteiger partial charge in [-0.25, -0.2) is 0 Å². The fraction of sp³-hybridized carbons (Fsp3) is 0.667. The molecular formula is C18H28N2. The molecule has 1 saturated heterocycles. The normalized spacial score (nSPS) is 27.7. The highest BCUT2D eigenvalue weighted by molar-refractivity contribution is 5.26. The summed E-state index contributed by atoms with van der Waals surface area (Å²) in [6, 6.07) is 10.8. The number of hydrogen-bond donors (Lipinski definition) is 1. The number of benzene rings is 1. The topological polar surface area (TPSA) is 15.3 Å². The number of hydrogen-bond acceptors (Lipinski definition) is 2. The molecule has 0 radical (unpaired) electrons. The zero-order valence-electron chi connectivity index (χ0n) is 12.9. The zero-order valence-corrected chi connectivity index (χ0v) is 12.9. The van der Waals surface area contributed by atoms with Crippen LogP contribution in [-0.4, -0.2) is 31.1 Å². The summed E-state index contributed by atoms with van der Waals surface area (Å²) in [6.07, 6.45) is 6.62. The summed E-state index contributed by atoms with van der Waals surface area (Å²) in [5, 5.41) is 3.74. The van der Waals surface area contributed by atoms with Crippen LogP contribution in [0, 0.1) is 5.92 Å². The van der Waals surface area contributed by atoms with Crippen molar-refractivity contribution in [3.05, 3.63) is 35.4 Å². The van der Waals surface area contributed by atoms with Gasteiger partial charge in [-0.15, -0.1) is 0 Å². The molecule has 1 aromatic carbocycles. The van der Waals surface area contributed by atoms with E-state index in [1.807, 2.05) is 0 Å².